The molecule has 0 heterocycles. The maximum atomic E-state index is 17.1. The average molecular weight is 487 g/mol. The fraction of sp³-hybridized carbons (Fsp3) is 0.708. The molecular weight excluding hydrogens is 457 g/mol. The van der Waals surface area contributed by atoms with Crippen LogP contribution in [0.3, 0.4) is 0 Å². The molecular formula is C24H29F3O5S. The Balaban J connectivity index is 1.83. The van der Waals surface area contributed by atoms with Crippen LogP contribution in [0.1, 0.15) is 52.9 Å². The molecule has 0 aromatic rings. The van der Waals surface area contributed by atoms with E-state index < -0.39 is 69.1 Å². The van der Waals surface area contributed by atoms with Gasteiger partial charge in [0, 0.05) is 23.2 Å². The number of ether oxygens (including phenoxy) is 1. The molecule has 0 spiro atoms. The van der Waals surface area contributed by atoms with E-state index in [1.165, 1.54) is 19.1 Å². The molecule has 3 saturated carbocycles. The molecule has 0 amide bonds. The summed E-state index contributed by atoms with van der Waals surface area (Å²) in [5.74, 6) is -2.66. The molecule has 4 rings (SSSR count). The van der Waals surface area contributed by atoms with Gasteiger partial charge in [0.2, 0.25) is 5.12 Å². The molecule has 8 atom stereocenters. The van der Waals surface area contributed by atoms with Crippen LogP contribution < -0.4 is 0 Å². The maximum Gasteiger partial charge on any atom is 0.306 e. The van der Waals surface area contributed by atoms with Gasteiger partial charge in [-0.3, -0.25) is 14.4 Å². The zero-order valence-electron chi connectivity index (χ0n) is 18.9. The minimum Gasteiger partial charge on any atom is -0.449 e. The highest BCUT2D eigenvalue weighted by atomic mass is 32.2. The summed E-state index contributed by atoms with van der Waals surface area (Å²) < 4.78 is 51.4. The molecule has 0 bridgehead atoms. The summed E-state index contributed by atoms with van der Waals surface area (Å²) in [7, 11) is 0. The summed E-state index contributed by atoms with van der Waals surface area (Å²) in [5, 5.41) is 10.6. The summed E-state index contributed by atoms with van der Waals surface area (Å²) in [4.78, 5) is 37.4. The van der Waals surface area contributed by atoms with Crippen molar-refractivity contribution in [1.82, 2.24) is 0 Å². The number of hydrogen-bond donors (Lipinski definition) is 1. The average Bonchev–Trinajstić information content (AvgIpc) is 3.04. The molecule has 0 saturated heterocycles. The Kier molecular flexibility index (Phi) is 5.92. The third-order valence-electron chi connectivity index (χ3n) is 8.84. The number of carbonyl (C=O) groups is 3. The van der Waals surface area contributed by atoms with E-state index in [9.17, 15) is 23.9 Å². The van der Waals surface area contributed by atoms with Gasteiger partial charge in [0.25, 0.3) is 0 Å². The quantitative estimate of drug-likeness (QED) is 0.601. The predicted molar refractivity (Wildman–Crippen MR) is 116 cm³/mol. The minimum absolute atomic E-state index is 0.00724. The zero-order chi connectivity index (χ0) is 24.4. The van der Waals surface area contributed by atoms with E-state index in [-0.39, 0.29) is 37.7 Å². The number of hydrogen-bond acceptors (Lipinski definition) is 6. The number of aliphatic hydroxyl groups excluding tert-OH is 1. The third-order valence-corrected chi connectivity index (χ3v) is 9.54. The van der Waals surface area contributed by atoms with Crippen LogP contribution in [0.2, 0.25) is 0 Å². The van der Waals surface area contributed by atoms with E-state index in [1.54, 1.807) is 13.8 Å². The number of aliphatic hydroxyl groups is 1. The van der Waals surface area contributed by atoms with E-state index in [1.807, 2.05) is 0 Å². The Hall–Kier alpha value is -1.61. The van der Waals surface area contributed by atoms with Crippen LogP contribution in [0.4, 0.5) is 13.2 Å². The standard InChI is InChI=1S/C24H29F3O5S/c1-4-19(30)32-23(20(31)33-12-25)8-6-14-15-10-17(26)16-9-13(28)5-7-21(16,2)24(15,27)18(29)11-22(14,23)3/h5,7,9,14-15,17-18,29H,4,6,8,10-12H2,1-3H3/t14-,15?,17?,18?,21?,22?,23-,24-/m0/s1. The lowest BCUT2D eigenvalue weighted by atomic mass is 9.44. The predicted octanol–water partition coefficient (Wildman–Crippen LogP) is 4.18. The number of fused-ring (bicyclic) bond motifs is 5. The largest absolute Gasteiger partial charge is 0.449 e. The molecule has 0 aromatic carbocycles. The Morgan fingerprint density at radius 2 is 2.00 bits per heavy atom. The fourth-order valence-corrected chi connectivity index (χ4v) is 7.88. The summed E-state index contributed by atoms with van der Waals surface area (Å²) in [6.45, 7) is 4.73. The highest BCUT2D eigenvalue weighted by Crippen LogP contribution is 2.71. The Morgan fingerprint density at radius 1 is 1.30 bits per heavy atom. The lowest BCUT2D eigenvalue weighted by molar-refractivity contribution is -0.226. The summed E-state index contributed by atoms with van der Waals surface area (Å²) in [6, 6.07) is -1.01. The van der Waals surface area contributed by atoms with Crippen molar-refractivity contribution in [2.75, 3.05) is 6.01 Å². The van der Waals surface area contributed by atoms with Gasteiger partial charge < -0.3 is 9.84 Å². The van der Waals surface area contributed by atoms with Crippen molar-refractivity contribution in [2.24, 2.45) is 22.7 Å². The van der Waals surface area contributed by atoms with E-state index >= 15 is 8.78 Å². The lowest BCUT2D eigenvalue weighted by Gasteiger charge is -2.63. The number of rotatable bonds is 4. The Bertz CT molecular complexity index is 952. The molecule has 4 aliphatic rings. The second-order valence-electron chi connectivity index (χ2n) is 10.1. The van der Waals surface area contributed by atoms with Crippen molar-refractivity contribution in [3.63, 3.8) is 0 Å². The van der Waals surface area contributed by atoms with Crippen LogP contribution >= 0.6 is 11.8 Å². The molecule has 0 radical (unpaired) electrons. The number of esters is 1. The molecule has 182 valence electrons. The first-order valence-electron chi connectivity index (χ1n) is 11.3. The molecule has 5 nitrogen and oxygen atoms in total. The summed E-state index contributed by atoms with van der Waals surface area (Å²) in [5.41, 5.74) is -6.74. The van der Waals surface area contributed by atoms with E-state index in [4.69, 9.17) is 4.74 Å². The van der Waals surface area contributed by atoms with Crippen molar-refractivity contribution in [3.8, 4) is 0 Å². The van der Waals surface area contributed by atoms with E-state index in [0.29, 0.717) is 11.8 Å². The molecule has 4 aliphatic carbocycles. The summed E-state index contributed by atoms with van der Waals surface area (Å²) in [6.07, 6.45) is 0.261. The van der Waals surface area contributed by atoms with Gasteiger partial charge in [-0.05, 0) is 68.0 Å². The Labute approximate surface area is 195 Å². The number of allylic oxidation sites excluding steroid dienone is 4. The van der Waals surface area contributed by atoms with Gasteiger partial charge >= 0.3 is 5.97 Å². The van der Waals surface area contributed by atoms with Gasteiger partial charge in [-0.25, -0.2) is 13.2 Å². The molecule has 5 unspecified atom stereocenters. The highest BCUT2D eigenvalue weighted by Gasteiger charge is 2.76. The first-order chi connectivity index (χ1) is 15.4. The van der Waals surface area contributed by atoms with Crippen LogP contribution in [0.15, 0.2) is 23.8 Å². The smallest absolute Gasteiger partial charge is 0.306 e. The van der Waals surface area contributed by atoms with Crippen molar-refractivity contribution < 1.29 is 37.4 Å². The Morgan fingerprint density at radius 3 is 2.64 bits per heavy atom. The molecule has 0 aliphatic heterocycles. The first-order valence-corrected chi connectivity index (χ1v) is 12.3. The van der Waals surface area contributed by atoms with Crippen LogP contribution in [0.25, 0.3) is 0 Å². The van der Waals surface area contributed by atoms with Gasteiger partial charge in [-0.2, -0.15) is 0 Å². The lowest BCUT2D eigenvalue weighted by Crippen LogP contribution is -2.70. The van der Waals surface area contributed by atoms with Gasteiger partial charge in [-0.1, -0.05) is 19.9 Å². The zero-order valence-corrected chi connectivity index (χ0v) is 19.7. The van der Waals surface area contributed by atoms with Gasteiger partial charge in [0.1, 0.15) is 12.2 Å². The molecule has 3 fully saturated rings. The molecule has 9 heteroatoms. The van der Waals surface area contributed by atoms with Crippen LogP contribution in [0.5, 0.6) is 0 Å². The van der Waals surface area contributed by atoms with Crippen molar-refractivity contribution in [1.29, 1.82) is 0 Å². The first kappa shape index (κ1) is 24.5. The van der Waals surface area contributed by atoms with Crippen LogP contribution in [-0.2, 0) is 19.1 Å². The fourth-order valence-electron chi connectivity index (χ4n) is 7.17. The van der Waals surface area contributed by atoms with Crippen molar-refractivity contribution in [2.45, 2.75) is 76.4 Å². The van der Waals surface area contributed by atoms with Gasteiger partial charge in [0.15, 0.2) is 17.1 Å². The number of carbonyl (C=O) groups excluding carboxylic acids is 3. The number of halogens is 3. The molecule has 33 heavy (non-hydrogen) atoms. The van der Waals surface area contributed by atoms with Gasteiger partial charge in [-0.15, -0.1) is 0 Å². The maximum absolute atomic E-state index is 17.1. The topological polar surface area (TPSA) is 80.7 Å². The van der Waals surface area contributed by atoms with Crippen LogP contribution in [0, 0.1) is 22.7 Å². The second kappa shape index (κ2) is 7.97. The SMILES string of the molecule is CCC(=O)O[C@]1(C(=O)SCF)CC[C@H]2C3CC(F)C4=CC(=O)C=CC4(C)[C@@]3(F)C(O)CC21C. The second-order valence-corrected chi connectivity index (χ2v) is 11.0. The number of ketones is 1. The van der Waals surface area contributed by atoms with Crippen molar-refractivity contribution >= 4 is 28.6 Å². The van der Waals surface area contributed by atoms with E-state index in [2.05, 4.69) is 0 Å². The third kappa shape index (κ3) is 3.07. The normalized spacial score (nSPS) is 46.2. The number of alkyl halides is 3. The van der Waals surface area contributed by atoms with Crippen LogP contribution in [-0.4, -0.2) is 51.5 Å². The molecule has 0 aromatic heterocycles. The summed E-state index contributed by atoms with van der Waals surface area (Å²) >= 11 is 0.392. The molecule has 1 N–H and O–H groups in total. The highest BCUT2D eigenvalue weighted by molar-refractivity contribution is 8.13. The van der Waals surface area contributed by atoms with Crippen molar-refractivity contribution in [3.05, 3.63) is 23.8 Å². The minimum atomic E-state index is -2.29. The van der Waals surface area contributed by atoms with E-state index in [0.717, 1.165) is 6.08 Å². The monoisotopic (exact) mass is 486 g/mol. The number of thioether (sulfide) groups is 1. The van der Waals surface area contributed by atoms with Gasteiger partial charge in [0.05, 0.1) is 6.10 Å².